The highest BCUT2D eigenvalue weighted by atomic mass is 31.2. The summed E-state index contributed by atoms with van der Waals surface area (Å²) in [6.07, 6.45) is 71.5. The van der Waals surface area contributed by atoms with Crippen LogP contribution in [0.2, 0.25) is 0 Å². The number of phosphoric acid groups is 1. The molecule has 0 aliphatic carbocycles. The lowest BCUT2D eigenvalue weighted by atomic mass is 10.1. The second kappa shape index (κ2) is 56.8. The van der Waals surface area contributed by atoms with Crippen molar-refractivity contribution < 1.29 is 52.2 Å². The van der Waals surface area contributed by atoms with Crippen LogP contribution in [-0.4, -0.2) is 66.5 Å². The lowest BCUT2D eigenvalue weighted by molar-refractivity contribution is -0.161. The Morgan fingerprint density at radius 3 is 1.12 bits per heavy atom. The zero-order valence-corrected chi connectivity index (χ0v) is 48.3. The first-order chi connectivity index (χ1) is 37.2. The second-order valence-electron chi connectivity index (χ2n) is 18.7. The molecule has 0 aromatic heterocycles. The first-order valence-corrected chi connectivity index (χ1v) is 30.6. The highest BCUT2D eigenvalue weighted by Gasteiger charge is 2.28. The van der Waals surface area contributed by atoms with Gasteiger partial charge in [-0.3, -0.25) is 23.4 Å². The summed E-state index contributed by atoms with van der Waals surface area (Å²) in [5.41, 5.74) is 0. The first kappa shape index (κ1) is 71.6. The Kier molecular flexibility index (Phi) is 53.5. The number of esters is 3. The van der Waals surface area contributed by atoms with E-state index in [0.29, 0.717) is 19.3 Å². The quantitative estimate of drug-likeness (QED) is 0.0197. The summed E-state index contributed by atoms with van der Waals surface area (Å²) >= 11 is 0. The van der Waals surface area contributed by atoms with Crippen molar-refractivity contribution >= 4 is 25.7 Å². The average Bonchev–Trinajstić information content (AvgIpc) is 3.41. The summed E-state index contributed by atoms with van der Waals surface area (Å²) in [5, 5.41) is 9.83. The number of rotatable bonds is 52. The second-order valence-corrected chi connectivity index (χ2v) is 20.2. The van der Waals surface area contributed by atoms with Crippen molar-refractivity contribution in [2.45, 2.75) is 226 Å². The molecule has 0 aromatic rings. The number of hydrogen-bond donors (Lipinski definition) is 2. The summed E-state index contributed by atoms with van der Waals surface area (Å²) in [6, 6.07) is 0. The van der Waals surface area contributed by atoms with Gasteiger partial charge in [-0.2, -0.15) is 0 Å². The van der Waals surface area contributed by atoms with Gasteiger partial charge in [-0.15, -0.1) is 0 Å². The van der Waals surface area contributed by atoms with Gasteiger partial charge in [0.1, 0.15) is 12.7 Å². The monoisotopic (exact) mass is 1080 g/mol. The van der Waals surface area contributed by atoms with Crippen LogP contribution in [0.4, 0.5) is 0 Å². The van der Waals surface area contributed by atoms with E-state index in [1.165, 1.54) is 38.5 Å². The molecule has 0 aromatic carbocycles. The maximum Gasteiger partial charge on any atom is 0.472 e. The molecular formula is C64H103O11P. The molecule has 11 nitrogen and oxygen atoms in total. The summed E-state index contributed by atoms with van der Waals surface area (Å²) in [6.45, 7) is 4.23. The SMILES string of the molecule is CC/C=C\C/C=C\C/C=C\C/C=C\C/C=C\CC(=O)OCC(COP(=O)(O)OCC(CO)OC(=O)CCCCCCCCC/C=C\C/C=C\CCCCC)OC(=O)CCCCCC/C=C\C/C=C\C/C=C\C/C=C\CC. The number of unbranched alkanes of at least 4 members (excludes halogenated alkanes) is 14. The molecule has 0 saturated heterocycles. The Morgan fingerprint density at radius 2 is 0.724 bits per heavy atom. The van der Waals surface area contributed by atoms with Crippen molar-refractivity contribution in [1.82, 2.24) is 0 Å². The van der Waals surface area contributed by atoms with Crippen molar-refractivity contribution in [3.63, 3.8) is 0 Å². The van der Waals surface area contributed by atoms with E-state index in [-0.39, 0.29) is 19.3 Å². The predicted molar refractivity (Wildman–Crippen MR) is 316 cm³/mol. The third-order valence-corrected chi connectivity index (χ3v) is 12.5. The molecule has 12 heteroatoms. The Labute approximate surface area is 461 Å². The van der Waals surface area contributed by atoms with Gasteiger partial charge >= 0.3 is 25.7 Å². The molecule has 0 aliphatic rings. The molecule has 0 rings (SSSR count). The van der Waals surface area contributed by atoms with E-state index in [9.17, 15) is 28.9 Å². The maximum atomic E-state index is 12.9. The normalized spacial score (nSPS) is 14.3. The third-order valence-electron chi connectivity index (χ3n) is 11.6. The fourth-order valence-electron chi connectivity index (χ4n) is 7.21. The van der Waals surface area contributed by atoms with Gasteiger partial charge in [0.2, 0.25) is 0 Å². The molecule has 0 radical (unpaired) electrons. The number of aliphatic hydroxyl groups is 1. The van der Waals surface area contributed by atoms with Gasteiger partial charge < -0.3 is 24.2 Å². The van der Waals surface area contributed by atoms with Crippen molar-refractivity contribution in [2.24, 2.45) is 0 Å². The predicted octanol–water partition coefficient (Wildman–Crippen LogP) is 17.4. The van der Waals surface area contributed by atoms with Crippen molar-refractivity contribution in [3.8, 4) is 0 Å². The zero-order valence-electron chi connectivity index (χ0n) is 47.4. The fraction of sp³-hybridized carbons (Fsp3) is 0.609. The highest BCUT2D eigenvalue weighted by Crippen LogP contribution is 2.43. The molecule has 2 N–H and O–H groups in total. The Balaban J connectivity index is 4.86. The van der Waals surface area contributed by atoms with Crippen LogP contribution < -0.4 is 0 Å². The van der Waals surface area contributed by atoms with Gasteiger partial charge in [-0.25, -0.2) is 4.57 Å². The zero-order chi connectivity index (χ0) is 55.5. The van der Waals surface area contributed by atoms with Crippen LogP contribution in [0.1, 0.15) is 213 Å². The molecule has 76 heavy (non-hydrogen) atoms. The van der Waals surface area contributed by atoms with Crippen LogP contribution in [0, 0.1) is 0 Å². The van der Waals surface area contributed by atoms with Crippen LogP contribution in [0.25, 0.3) is 0 Å². The van der Waals surface area contributed by atoms with Crippen LogP contribution >= 0.6 is 7.82 Å². The molecule has 0 bridgehead atoms. The van der Waals surface area contributed by atoms with Crippen molar-refractivity contribution in [1.29, 1.82) is 0 Å². The lowest BCUT2D eigenvalue weighted by Crippen LogP contribution is -2.30. The number of carbonyl (C=O) groups excluding carboxylic acids is 3. The standard InChI is InChI=1S/C64H103O11P/c1-4-7-10-13-16-19-22-25-28-30-33-36-39-42-45-48-51-54-63(67)74-60(56-65)58-72-76(69,70)73-59-61(57-71-62(66)53-50-47-44-41-38-35-32-27-24-21-18-15-12-9-6-3)75-64(68)55-52-49-46-43-40-37-34-31-29-26-23-20-17-14-11-8-5-2/h8-9,11-12,16-21,25-29,32,34,37-38,41,47,50,60-61,65H,4-7,10,13-15,22-24,30-31,33,35-36,39-40,42-46,48-49,51-59H2,1-3H3,(H,69,70)/b11-8-,12-9-,19-16-,20-17-,21-18-,28-25-,29-26-,32-27-,37-34-,41-38-,50-47-. The summed E-state index contributed by atoms with van der Waals surface area (Å²) in [5.74, 6) is -1.67. The number of aliphatic hydroxyl groups excluding tert-OH is 1. The molecular weight excluding hydrogens is 976 g/mol. The number of hydrogen-bond acceptors (Lipinski definition) is 10. The number of ether oxygens (including phenoxy) is 3. The van der Waals surface area contributed by atoms with Gasteiger partial charge in [0, 0.05) is 12.8 Å². The van der Waals surface area contributed by atoms with E-state index in [2.05, 4.69) is 136 Å². The average molecular weight is 1080 g/mol. The van der Waals surface area contributed by atoms with E-state index in [1.807, 2.05) is 12.2 Å². The van der Waals surface area contributed by atoms with Gasteiger partial charge in [-0.05, 0) is 116 Å². The van der Waals surface area contributed by atoms with Crippen LogP contribution in [-0.2, 0) is 42.2 Å². The van der Waals surface area contributed by atoms with Gasteiger partial charge in [-0.1, -0.05) is 212 Å². The van der Waals surface area contributed by atoms with Gasteiger partial charge in [0.25, 0.3) is 0 Å². The van der Waals surface area contributed by atoms with Crippen molar-refractivity contribution in [2.75, 3.05) is 26.4 Å². The number of phosphoric ester groups is 1. The van der Waals surface area contributed by atoms with E-state index >= 15 is 0 Å². The Bertz CT molecular complexity index is 1780. The minimum atomic E-state index is -4.79. The van der Waals surface area contributed by atoms with E-state index in [0.717, 1.165) is 116 Å². The molecule has 0 heterocycles. The maximum absolute atomic E-state index is 12.9. The summed E-state index contributed by atoms with van der Waals surface area (Å²) in [7, 11) is -4.79. The van der Waals surface area contributed by atoms with Crippen molar-refractivity contribution in [3.05, 3.63) is 134 Å². The van der Waals surface area contributed by atoms with Crippen LogP contribution in [0.3, 0.4) is 0 Å². The van der Waals surface area contributed by atoms with Gasteiger partial charge in [0.15, 0.2) is 6.10 Å². The molecule has 0 saturated carbocycles. The van der Waals surface area contributed by atoms with Crippen LogP contribution in [0.15, 0.2) is 134 Å². The molecule has 0 spiro atoms. The number of carbonyl (C=O) groups is 3. The summed E-state index contributed by atoms with van der Waals surface area (Å²) in [4.78, 5) is 48.5. The topological polar surface area (TPSA) is 155 Å². The van der Waals surface area contributed by atoms with E-state index in [4.69, 9.17) is 23.3 Å². The lowest BCUT2D eigenvalue weighted by Gasteiger charge is -2.21. The highest BCUT2D eigenvalue weighted by molar-refractivity contribution is 7.47. The largest absolute Gasteiger partial charge is 0.472 e. The molecule has 0 amide bonds. The third kappa shape index (κ3) is 54.4. The molecule has 0 aliphatic heterocycles. The van der Waals surface area contributed by atoms with Gasteiger partial charge in [0.05, 0.1) is 26.2 Å². The molecule has 430 valence electrons. The summed E-state index contributed by atoms with van der Waals surface area (Å²) < 4.78 is 39.4. The Morgan fingerprint density at radius 1 is 0.395 bits per heavy atom. The molecule has 0 fully saturated rings. The number of allylic oxidation sites excluding steroid dienone is 21. The minimum absolute atomic E-state index is 0.0188. The van der Waals surface area contributed by atoms with Crippen LogP contribution in [0.5, 0.6) is 0 Å². The van der Waals surface area contributed by atoms with E-state index < -0.39 is 64.4 Å². The van der Waals surface area contributed by atoms with E-state index in [1.54, 1.807) is 6.08 Å². The fourth-order valence-corrected chi connectivity index (χ4v) is 8.00. The minimum Gasteiger partial charge on any atom is -0.461 e. The smallest absolute Gasteiger partial charge is 0.461 e. The first-order valence-electron chi connectivity index (χ1n) is 29.1. The Hall–Kier alpha value is -4.38. The molecule has 3 atom stereocenters. The molecule has 3 unspecified atom stereocenters.